The maximum atomic E-state index is 6.51. The van der Waals surface area contributed by atoms with Gasteiger partial charge in [-0.2, -0.15) is 0 Å². The largest absolute Gasteiger partial charge is 0.366 e. The summed E-state index contributed by atoms with van der Waals surface area (Å²) in [6.07, 6.45) is 0.312. The van der Waals surface area contributed by atoms with Gasteiger partial charge in [-0.25, -0.2) is 0 Å². The predicted molar refractivity (Wildman–Crippen MR) is 114 cm³/mol. The molecule has 142 valence electrons. The summed E-state index contributed by atoms with van der Waals surface area (Å²) in [7, 11) is 0. The van der Waals surface area contributed by atoms with Crippen LogP contribution in [0.2, 0.25) is 0 Å². The Balaban J connectivity index is 1.50. The quantitative estimate of drug-likeness (QED) is 0.375. The van der Waals surface area contributed by atoms with Gasteiger partial charge in [-0.15, -0.1) is 0 Å². The molecule has 1 aliphatic carbocycles. The smallest absolute Gasteiger partial charge is 0.0947 e. The lowest BCUT2D eigenvalue weighted by Gasteiger charge is -2.44. The summed E-state index contributed by atoms with van der Waals surface area (Å²) in [4.78, 5) is 2.68. The molecule has 1 saturated heterocycles. The second kappa shape index (κ2) is 5.41. The first-order valence-electron chi connectivity index (χ1n) is 10.1. The molecule has 2 aliphatic heterocycles. The van der Waals surface area contributed by atoms with Gasteiger partial charge in [0.15, 0.2) is 0 Å². The number of fused-ring (bicyclic) bond motifs is 3. The van der Waals surface area contributed by atoms with Crippen LogP contribution in [-0.4, -0.2) is 23.4 Å². The first-order chi connectivity index (χ1) is 13.4. The third-order valence-electron chi connectivity index (χ3n) is 6.99. The molecule has 1 saturated carbocycles. The molecular formula is C25H24O2S. The van der Waals surface area contributed by atoms with Crippen molar-refractivity contribution in [2.24, 2.45) is 0 Å². The Morgan fingerprint density at radius 2 is 1.39 bits per heavy atom. The fourth-order valence-corrected chi connectivity index (χ4v) is 5.89. The van der Waals surface area contributed by atoms with E-state index in [1.807, 2.05) is 11.8 Å². The summed E-state index contributed by atoms with van der Waals surface area (Å²) in [6.45, 7) is 8.57. The third kappa shape index (κ3) is 2.18. The van der Waals surface area contributed by atoms with Crippen molar-refractivity contribution in [3.05, 3.63) is 60.2 Å². The predicted octanol–water partition coefficient (Wildman–Crippen LogP) is 6.41. The van der Waals surface area contributed by atoms with Crippen LogP contribution in [0.1, 0.15) is 39.2 Å². The highest BCUT2D eigenvalue weighted by Crippen LogP contribution is 2.58. The Labute approximate surface area is 170 Å². The zero-order chi connectivity index (χ0) is 19.3. The molecule has 3 aromatic carbocycles. The van der Waals surface area contributed by atoms with Gasteiger partial charge >= 0.3 is 0 Å². The van der Waals surface area contributed by atoms with Crippen molar-refractivity contribution in [2.45, 2.75) is 66.8 Å². The van der Waals surface area contributed by atoms with Crippen molar-refractivity contribution < 1.29 is 9.47 Å². The average Bonchev–Trinajstić information content (AvgIpc) is 3.32. The van der Waals surface area contributed by atoms with E-state index in [4.69, 9.17) is 9.47 Å². The lowest BCUT2D eigenvalue weighted by Crippen LogP contribution is -2.53. The van der Waals surface area contributed by atoms with Crippen LogP contribution < -0.4 is 0 Å². The normalized spacial score (nSPS) is 28.5. The standard InChI is InChI=1S/C25H24O2S/c1-24(2)25(3,4)27-23-21(22(23)26-24)17-13-12-16-14-8-5-6-10-18(14)28-19-11-7-9-15(17)20(16)19/h5-13,21-23H,1-4H3. The molecule has 3 aromatic rings. The van der Waals surface area contributed by atoms with Crippen molar-refractivity contribution in [1.29, 1.82) is 0 Å². The average molecular weight is 389 g/mol. The van der Waals surface area contributed by atoms with Gasteiger partial charge in [-0.1, -0.05) is 54.2 Å². The molecule has 0 spiro atoms. The third-order valence-corrected chi connectivity index (χ3v) is 8.13. The van der Waals surface area contributed by atoms with E-state index in [0.717, 1.165) is 0 Å². The Hall–Kier alpha value is -1.81. The Morgan fingerprint density at radius 3 is 2.14 bits per heavy atom. The maximum absolute atomic E-state index is 6.51. The molecule has 2 unspecified atom stereocenters. The van der Waals surface area contributed by atoms with Crippen molar-refractivity contribution in [2.75, 3.05) is 0 Å². The molecule has 2 fully saturated rings. The van der Waals surface area contributed by atoms with Gasteiger partial charge in [-0.05, 0) is 61.9 Å². The van der Waals surface area contributed by atoms with Gasteiger partial charge in [0.05, 0.1) is 23.4 Å². The molecule has 2 nitrogen and oxygen atoms in total. The summed E-state index contributed by atoms with van der Waals surface area (Å²) in [6, 6.07) is 20.0. The van der Waals surface area contributed by atoms with Crippen LogP contribution in [0.5, 0.6) is 0 Å². The van der Waals surface area contributed by atoms with E-state index in [1.165, 1.54) is 37.3 Å². The number of benzene rings is 3. The summed E-state index contributed by atoms with van der Waals surface area (Å²) in [5.74, 6) is 0.313. The van der Waals surface area contributed by atoms with Crippen molar-refractivity contribution >= 4 is 22.5 Å². The lowest BCUT2D eigenvalue weighted by molar-refractivity contribution is -0.233. The molecule has 0 bridgehead atoms. The van der Waals surface area contributed by atoms with E-state index in [1.54, 1.807) is 0 Å². The summed E-state index contributed by atoms with van der Waals surface area (Å²) in [5.41, 5.74) is 3.47. The molecule has 2 heterocycles. The van der Waals surface area contributed by atoms with E-state index >= 15 is 0 Å². The van der Waals surface area contributed by atoms with E-state index in [0.29, 0.717) is 5.92 Å². The van der Waals surface area contributed by atoms with E-state index in [9.17, 15) is 0 Å². The summed E-state index contributed by atoms with van der Waals surface area (Å²) in [5, 5.41) is 2.73. The zero-order valence-electron chi connectivity index (χ0n) is 16.7. The van der Waals surface area contributed by atoms with Crippen LogP contribution in [0.15, 0.2) is 64.4 Å². The Morgan fingerprint density at radius 1 is 0.714 bits per heavy atom. The number of rotatable bonds is 1. The van der Waals surface area contributed by atoms with Crippen molar-refractivity contribution in [1.82, 2.24) is 0 Å². The molecular weight excluding hydrogens is 364 g/mol. The monoisotopic (exact) mass is 388 g/mol. The summed E-state index contributed by atoms with van der Waals surface area (Å²) < 4.78 is 13.0. The van der Waals surface area contributed by atoms with Crippen LogP contribution in [0.25, 0.3) is 21.9 Å². The van der Waals surface area contributed by atoms with Crippen molar-refractivity contribution in [3.8, 4) is 11.1 Å². The van der Waals surface area contributed by atoms with Crippen LogP contribution in [0.4, 0.5) is 0 Å². The first kappa shape index (κ1) is 17.1. The van der Waals surface area contributed by atoms with Crippen LogP contribution in [-0.2, 0) is 9.47 Å². The topological polar surface area (TPSA) is 18.5 Å². The molecule has 3 heteroatoms. The first-order valence-corrected chi connectivity index (χ1v) is 10.9. The minimum absolute atomic E-state index is 0.156. The van der Waals surface area contributed by atoms with Crippen molar-refractivity contribution in [3.63, 3.8) is 0 Å². The molecule has 0 amide bonds. The molecule has 3 aliphatic rings. The molecule has 0 aromatic heterocycles. The zero-order valence-corrected chi connectivity index (χ0v) is 17.5. The summed E-state index contributed by atoms with van der Waals surface area (Å²) >= 11 is 1.88. The minimum atomic E-state index is -0.288. The highest BCUT2D eigenvalue weighted by Gasteiger charge is 2.64. The Bertz CT molecular complexity index is 1110. The number of hydrogen-bond acceptors (Lipinski definition) is 3. The van der Waals surface area contributed by atoms with E-state index in [2.05, 4.69) is 82.3 Å². The second-order valence-corrected chi connectivity index (χ2v) is 10.3. The highest BCUT2D eigenvalue weighted by molar-refractivity contribution is 7.99. The number of ether oxygens (including phenoxy) is 2. The molecule has 2 atom stereocenters. The SMILES string of the molecule is CC1(C)OC2C(OC1(C)C)C2c1ccc2c3c(cccc13)Sc1ccccc1-2. The van der Waals surface area contributed by atoms with E-state index in [-0.39, 0.29) is 23.4 Å². The van der Waals surface area contributed by atoms with Gasteiger partial charge in [0.2, 0.25) is 0 Å². The van der Waals surface area contributed by atoms with Crippen LogP contribution >= 0.6 is 11.8 Å². The number of hydrogen-bond donors (Lipinski definition) is 0. The van der Waals surface area contributed by atoms with Gasteiger partial charge in [-0.3, -0.25) is 0 Å². The van der Waals surface area contributed by atoms with Crippen LogP contribution in [0, 0.1) is 0 Å². The van der Waals surface area contributed by atoms with Gasteiger partial charge in [0.25, 0.3) is 0 Å². The minimum Gasteiger partial charge on any atom is -0.366 e. The van der Waals surface area contributed by atoms with Gasteiger partial charge in [0.1, 0.15) is 0 Å². The fraction of sp³-hybridized carbons (Fsp3) is 0.360. The molecule has 0 N–H and O–H groups in total. The Kier molecular flexibility index (Phi) is 3.30. The lowest BCUT2D eigenvalue weighted by atomic mass is 9.88. The van der Waals surface area contributed by atoms with Crippen LogP contribution in [0.3, 0.4) is 0 Å². The van der Waals surface area contributed by atoms with Gasteiger partial charge in [0, 0.05) is 21.1 Å². The van der Waals surface area contributed by atoms with Gasteiger partial charge < -0.3 is 9.47 Å². The highest BCUT2D eigenvalue weighted by atomic mass is 32.2. The molecule has 28 heavy (non-hydrogen) atoms. The molecule has 6 rings (SSSR count). The van der Waals surface area contributed by atoms with E-state index < -0.39 is 0 Å². The second-order valence-electron chi connectivity index (χ2n) is 9.19. The molecule has 0 radical (unpaired) electrons. The maximum Gasteiger partial charge on any atom is 0.0947 e. The fourth-order valence-electron chi connectivity index (χ4n) is 4.75.